The van der Waals surface area contributed by atoms with Crippen LogP contribution < -0.4 is 15.4 Å². The molecule has 0 spiro atoms. The van der Waals surface area contributed by atoms with Crippen LogP contribution >= 0.6 is 0 Å². The molecular weight excluding hydrogens is 329 g/mol. The molecule has 3 atom stereocenters. The van der Waals surface area contributed by atoms with Crippen LogP contribution in [-0.4, -0.2) is 54.0 Å². The fourth-order valence-corrected chi connectivity index (χ4v) is 3.54. The van der Waals surface area contributed by atoms with Crippen LogP contribution in [0.1, 0.15) is 28.8 Å². The predicted octanol–water partition coefficient (Wildman–Crippen LogP) is 0.136. The first-order valence-corrected chi connectivity index (χ1v) is 8.32. The molecule has 0 saturated carbocycles. The second-order valence-electron chi connectivity index (χ2n) is 6.55. The number of rotatable bonds is 3. The molecule has 0 aliphatic carbocycles. The van der Waals surface area contributed by atoms with Crippen LogP contribution in [-0.2, 0) is 16.1 Å². The van der Waals surface area contributed by atoms with Crippen molar-refractivity contribution in [1.82, 2.24) is 15.5 Å². The smallest absolute Gasteiger partial charge is 0.255 e. The highest BCUT2D eigenvalue weighted by molar-refractivity contribution is 6.05. The van der Waals surface area contributed by atoms with E-state index in [0.717, 1.165) is 5.56 Å². The minimum Gasteiger partial charge on any atom is -0.486 e. The normalized spacial score (nSPS) is 28.9. The number of carbonyl (C=O) groups is 3. The Kier molecular flexibility index (Phi) is 3.91. The van der Waals surface area contributed by atoms with Gasteiger partial charge >= 0.3 is 0 Å². The van der Waals surface area contributed by atoms with E-state index in [9.17, 15) is 18.8 Å². The third-order valence-electron chi connectivity index (χ3n) is 4.87. The maximum Gasteiger partial charge on any atom is 0.255 e. The zero-order valence-corrected chi connectivity index (χ0v) is 13.5. The minimum atomic E-state index is -1.06. The van der Waals surface area contributed by atoms with Gasteiger partial charge in [0.05, 0.1) is 0 Å². The Morgan fingerprint density at radius 2 is 2.04 bits per heavy atom. The molecule has 0 radical (unpaired) electrons. The Labute approximate surface area is 143 Å². The molecule has 3 heterocycles. The number of nitrogens with one attached hydrogen (secondary N) is 2. The highest BCUT2D eigenvalue weighted by atomic mass is 19.1. The van der Waals surface area contributed by atoms with Crippen molar-refractivity contribution in [2.45, 2.75) is 37.7 Å². The molecule has 7 nitrogen and oxygen atoms in total. The summed E-state index contributed by atoms with van der Waals surface area (Å²) < 4.78 is 19.3. The number of nitrogens with zero attached hydrogens (tertiary/aromatic N) is 1. The topological polar surface area (TPSA) is 87.7 Å². The molecule has 3 aliphatic rings. The quantitative estimate of drug-likeness (QED) is 0.760. The van der Waals surface area contributed by atoms with E-state index in [1.165, 1.54) is 4.90 Å². The lowest BCUT2D eigenvalue weighted by Crippen LogP contribution is -2.52. The number of benzene rings is 1. The zero-order valence-electron chi connectivity index (χ0n) is 13.5. The SMILES string of the molecule is O=C1CCC(N2Cc3cc(O[C@@H]4CNC[C@@H]4F)ccc3C2=O)C(=O)N1. The van der Waals surface area contributed by atoms with Gasteiger partial charge < -0.3 is 15.0 Å². The van der Waals surface area contributed by atoms with Gasteiger partial charge in [-0.2, -0.15) is 0 Å². The van der Waals surface area contributed by atoms with Gasteiger partial charge in [-0.15, -0.1) is 0 Å². The Hall–Kier alpha value is -2.48. The molecule has 1 aromatic carbocycles. The van der Waals surface area contributed by atoms with E-state index in [-0.39, 0.29) is 31.3 Å². The first-order valence-electron chi connectivity index (χ1n) is 8.32. The van der Waals surface area contributed by atoms with E-state index < -0.39 is 24.2 Å². The van der Waals surface area contributed by atoms with Crippen LogP contribution in [0.25, 0.3) is 0 Å². The summed E-state index contributed by atoms with van der Waals surface area (Å²) in [5.41, 5.74) is 1.26. The average Bonchev–Trinajstić information content (AvgIpc) is 3.12. The second-order valence-corrected chi connectivity index (χ2v) is 6.55. The molecule has 0 bridgehead atoms. The molecule has 2 fully saturated rings. The molecule has 2 saturated heterocycles. The Morgan fingerprint density at radius 1 is 1.20 bits per heavy atom. The highest BCUT2D eigenvalue weighted by Crippen LogP contribution is 2.30. The highest BCUT2D eigenvalue weighted by Gasteiger charge is 2.39. The fraction of sp³-hybridized carbons (Fsp3) is 0.471. The van der Waals surface area contributed by atoms with E-state index in [2.05, 4.69) is 10.6 Å². The molecule has 1 unspecified atom stereocenters. The monoisotopic (exact) mass is 347 g/mol. The van der Waals surface area contributed by atoms with Gasteiger partial charge in [0.2, 0.25) is 11.8 Å². The second kappa shape index (κ2) is 6.11. The molecule has 3 amide bonds. The van der Waals surface area contributed by atoms with Crippen molar-refractivity contribution in [3.63, 3.8) is 0 Å². The molecule has 4 rings (SSSR count). The third-order valence-corrected chi connectivity index (χ3v) is 4.87. The number of amides is 3. The van der Waals surface area contributed by atoms with Gasteiger partial charge in [-0.05, 0) is 30.2 Å². The lowest BCUT2D eigenvalue weighted by molar-refractivity contribution is -0.136. The lowest BCUT2D eigenvalue weighted by atomic mass is 10.0. The van der Waals surface area contributed by atoms with E-state index in [4.69, 9.17) is 4.74 Å². The van der Waals surface area contributed by atoms with Gasteiger partial charge in [0.1, 0.15) is 17.9 Å². The van der Waals surface area contributed by atoms with E-state index in [0.29, 0.717) is 24.3 Å². The number of hydrogen-bond acceptors (Lipinski definition) is 5. The Balaban J connectivity index is 1.51. The molecule has 3 aliphatic heterocycles. The summed E-state index contributed by atoms with van der Waals surface area (Å²) >= 11 is 0. The number of carbonyl (C=O) groups excluding carboxylic acids is 3. The summed E-state index contributed by atoms with van der Waals surface area (Å²) in [4.78, 5) is 37.4. The number of alkyl halides is 1. The van der Waals surface area contributed by atoms with E-state index in [1.807, 2.05) is 0 Å². The van der Waals surface area contributed by atoms with Crippen LogP contribution in [0.3, 0.4) is 0 Å². The summed E-state index contributed by atoms with van der Waals surface area (Å²) in [7, 11) is 0. The molecule has 1 aromatic rings. The van der Waals surface area contributed by atoms with Crippen molar-refractivity contribution in [2.24, 2.45) is 0 Å². The van der Waals surface area contributed by atoms with Crippen LogP contribution in [0.5, 0.6) is 5.75 Å². The average molecular weight is 347 g/mol. The zero-order chi connectivity index (χ0) is 17.6. The first kappa shape index (κ1) is 16.0. The standard InChI is InChI=1S/C17H18FN3O4/c18-12-6-19-7-14(12)25-10-1-2-11-9(5-10)8-21(17(11)24)13-3-4-15(22)20-16(13)23/h1-2,5,12-14,19H,3-4,6-8H2,(H,20,22,23)/t12-,13?,14+/m0/s1. The Morgan fingerprint density at radius 3 is 2.76 bits per heavy atom. The molecule has 2 N–H and O–H groups in total. The van der Waals surface area contributed by atoms with Crippen LogP contribution in [0, 0.1) is 0 Å². The van der Waals surface area contributed by atoms with Crippen molar-refractivity contribution >= 4 is 17.7 Å². The minimum absolute atomic E-state index is 0.220. The number of imide groups is 1. The van der Waals surface area contributed by atoms with Gasteiger partial charge in [0.25, 0.3) is 5.91 Å². The molecule has 25 heavy (non-hydrogen) atoms. The first-order chi connectivity index (χ1) is 12.0. The van der Waals surface area contributed by atoms with Crippen LogP contribution in [0.2, 0.25) is 0 Å². The molecular formula is C17H18FN3O4. The number of hydrogen-bond donors (Lipinski definition) is 2. The predicted molar refractivity (Wildman–Crippen MR) is 84.7 cm³/mol. The van der Waals surface area contributed by atoms with Gasteiger partial charge in [-0.3, -0.25) is 19.7 Å². The van der Waals surface area contributed by atoms with Crippen molar-refractivity contribution in [3.05, 3.63) is 29.3 Å². The molecule has 8 heteroatoms. The van der Waals surface area contributed by atoms with Gasteiger partial charge in [-0.1, -0.05) is 0 Å². The van der Waals surface area contributed by atoms with E-state index in [1.54, 1.807) is 18.2 Å². The van der Waals surface area contributed by atoms with Gasteiger partial charge in [0, 0.05) is 31.6 Å². The van der Waals surface area contributed by atoms with E-state index >= 15 is 0 Å². The fourth-order valence-electron chi connectivity index (χ4n) is 3.54. The summed E-state index contributed by atoms with van der Waals surface area (Å²) in [6.07, 6.45) is -1.06. The van der Waals surface area contributed by atoms with Crippen molar-refractivity contribution in [1.29, 1.82) is 0 Å². The maximum atomic E-state index is 13.7. The number of ether oxygens (including phenoxy) is 1. The summed E-state index contributed by atoms with van der Waals surface area (Å²) in [6.45, 7) is 0.997. The summed E-state index contributed by atoms with van der Waals surface area (Å²) in [5, 5.41) is 5.20. The third kappa shape index (κ3) is 2.86. The van der Waals surface area contributed by atoms with Crippen LogP contribution in [0.4, 0.5) is 4.39 Å². The summed E-state index contributed by atoms with van der Waals surface area (Å²) in [5.74, 6) is -0.479. The maximum absolute atomic E-state index is 13.7. The van der Waals surface area contributed by atoms with Gasteiger partial charge in [0.15, 0.2) is 6.17 Å². The molecule has 132 valence electrons. The number of piperidine rings is 1. The largest absolute Gasteiger partial charge is 0.486 e. The van der Waals surface area contributed by atoms with Crippen molar-refractivity contribution in [2.75, 3.05) is 13.1 Å². The van der Waals surface area contributed by atoms with Crippen LogP contribution in [0.15, 0.2) is 18.2 Å². The number of fused-ring (bicyclic) bond motifs is 1. The number of halogens is 1. The molecule has 0 aromatic heterocycles. The lowest BCUT2D eigenvalue weighted by Gasteiger charge is -2.29. The Bertz CT molecular complexity index is 753. The van der Waals surface area contributed by atoms with Crippen molar-refractivity contribution in [3.8, 4) is 5.75 Å². The van der Waals surface area contributed by atoms with Crippen molar-refractivity contribution < 1.29 is 23.5 Å². The summed E-state index contributed by atoms with van der Waals surface area (Å²) in [6, 6.07) is 4.38. The van der Waals surface area contributed by atoms with Gasteiger partial charge in [-0.25, -0.2) is 4.39 Å².